The van der Waals surface area contributed by atoms with Crippen molar-refractivity contribution in [3.63, 3.8) is 0 Å². The molecule has 0 unspecified atom stereocenters. The zero-order valence-electron chi connectivity index (χ0n) is 16.4. The number of likely N-dealkylation sites (tertiary alicyclic amines) is 1. The van der Waals surface area contributed by atoms with Crippen LogP contribution in [0.1, 0.15) is 35.8 Å². The molecule has 28 heavy (non-hydrogen) atoms. The normalized spacial score (nSPS) is 14.6. The fourth-order valence-corrected chi connectivity index (χ4v) is 3.26. The monoisotopic (exact) mass is 383 g/mol. The van der Waals surface area contributed by atoms with E-state index in [2.05, 4.69) is 5.32 Å². The molecule has 2 heterocycles. The second-order valence-electron chi connectivity index (χ2n) is 7.10. The van der Waals surface area contributed by atoms with Crippen LogP contribution >= 0.6 is 0 Å². The van der Waals surface area contributed by atoms with Crippen LogP contribution in [0.2, 0.25) is 0 Å². The summed E-state index contributed by atoms with van der Waals surface area (Å²) in [5.41, 5.74) is 2.01. The first kappa shape index (κ1) is 19.7. The van der Waals surface area contributed by atoms with Crippen LogP contribution in [0, 0.1) is 6.92 Å². The summed E-state index contributed by atoms with van der Waals surface area (Å²) in [7, 11) is 1.73. The van der Waals surface area contributed by atoms with Crippen LogP contribution in [-0.4, -0.2) is 40.5 Å². The van der Waals surface area contributed by atoms with Crippen molar-refractivity contribution in [1.29, 1.82) is 0 Å². The Morgan fingerprint density at radius 2 is 1.75 bits per heavy atom. The highest BCUT2D eigenvalue weighted by atomic mass is 16.5. The number of carbonyl (C=O) groups is 2. The van der Waals surface area contributed by atoms with E-state index in [0.29, 0.717) is 42.9 Å². The minimum absolute atomic E-state index is 0.0160. The van der Waals surface area contributed by atoms with Gasteiger partial charge >= 0.3 is 0 Å². The number of anilines is 1. The van der Waals surface area contributed by atoms with Crippen molar-refractivity contribution in [3.05, 3.63) is 58.0 Å². The molecule has 7 nitrogen and oxygen atoms in total. The number of pyridine rings is 1. The molecule has 0 aliphatic carbocycles. The highest BCUT2D eigenvalue weighted by molar-refractivity contribution is 5.95. The van der Waals surface area contributed by atoms with Crippen LogP contribution in [0.4, 0.5) is 5.69 Å². The van der Waals surface area contributed by atoms with Gasteiger partial charge in [0.1, 0.15) is 11.9 Å². The van der Waals surface area contributed by atoms with Gasteiger partial charge in [0.05, 0.1) is 0 Å². The van der Waals surface area contributed by atoms with E-state index in [4.69, 9.17) is 4.74 Å². The zero-order valence-corrected chi connectivity index (χ0v) is 16.4. The second kappa shape index (κ2) is 8.29. The molecule has 2 aromatic rings. The van der Waals surface area contributed by atoms with Gasteiger partial charge in [-0.25, -0.2) is 0 Å². The van der Waals surface area contributed by atoms with Crippen molar-refractivity contribution >= 4 is 17.5 Å². The maximum atomic E-state index is 12.7. The summed E-state index contributed by atoms with van der Waals surface area (Å²) < 4.78 is 7.54. The number of aryl methyl sites for hydroxylation is 1. The molecule has 148 valence electrons. The summed E-state index contributed by atoms with van der Waals surface area (Å²) in [6.45, 7) is 4.51. The lowest BCUT2D eigenvalue weighted by Gasteiger charge is -2.32. The molecule has 0 atom stereocenters. The van der Waals surface area contributed by atoms with Crippen LogP contribution in [0.15, 0.2) is 41.2 Å². The number of piperidine rings is 1. The van der Waals surface area contributed by atoms with Gasteiger partial charge < -0.3 is 19.5 Å². The second-order valence-corrected chi connectivity index (χ2v) is 7.10. The molecule has 0 saturated carbocycles. The number of hydrogen-bond acceptors (Lipinski definition) is 4. The van der Waals surface area contributed by atoms with Crippen LogP contribution in [-0.2, 0) is 11.8 Å². The van der Waals surface area contributed by atoms with Gasteiger partial charge in [-0.3, -0.25) is 14.4 Å². The molecule has 2 amide bonds. The highest BCUT2D eigenvalue weighted by Crippen LogP contribution is 2.20. The lowest BCUT2D eigenvalue weighted by Crippen LogP contribution is -2.41. The number of nitrogens with one attached hydrogen (secondary N) is 1. The summed E-state index contributed by atoms with van der Waals surface area (Å²) >= 11 is 0. The number of ether oxygens (including phenoxy) is 1. The van der Waals surface area contributed by atoms with Crippen molar-refractivity contribution in [2.45, 2.75) is 32.8 Å². The Morgan fingerprint density at radius 1 is 1.11 bits per heavy atom. The minimum Gasteiger partial charge on any atom is -0.490 e. The molecule has 1 N–H and O–H groups in total. The van der Waals surface area contributed by atoms with Crippen molar-refractivity contribution in [2.75, 3.05) is 18.4 Å². The molecular weight excluding hydrogens is 358 g/mol. The van der Waals surface area contributed by atoms with E-state index in [9.17, 15) is 14.4 Å². The van der Waals surface area contributed by atoms with E-state index in [-0.39, 0.29) is 23.5 Å². The smallest absolute Gasteiger partial charge is 0.254 e. The van der Waals surface area contributed by atoms with Gasteiger partial charge in [-0.2, -0.15) is 0 Å². The Bertz CT molecular complexity index is 926. The van der Waals surface area contributed by atoms with Crippen molar-refractivity contribution < 1.29 is 14.3 Å². The van der Waals surface area contributed by atoms with Gasteiger partial charge in [0.15, 0.2) is 0 Å². The highest BCUT2D eigenvalue weighted by Gasteiger charge is 2.25. The molecule has 1 aromatic heterocycles. The Hall–Kier alpha value is -3.09. The minimum atomic E-state index is -0.146. The van der Waals surface area contributed by atoms with E-state index in [1.165, 1.54) is 13.0 Å². The summed E-state index contributed by atoms with van der Waals surface area (Å²) in [5.74, 6) is 0.406. The number of amides is 2. The first-order chi connectivity index (χ1) is 13.3. The van der Waals surface area contributed by atoms with Crippen LogP contribution < -0.4 is 15.6 Å². The van der Waals surface area contributed by atoms with Gasteiger partial charge in [0, 0.05) is 62.9 Å². The molecule has 1 aliphatic rings. The van der Waals surface area contributed by atoms with Crippen molar-refractivity contribution in [2.24, 2.45) is 7.05 Å². The predicted octanol–water partition coefficient (Wildman–Crippen LogP) is 2.34. The standard InChI is InChI=1S/C21H25N3O4/c1-14-12-19(13-20(26)23(14)3)28-18-8-10-24(11-9-18)21(27)16-4-6-17(7-5-16)22-15(2)25/h4-7,12-13,18H,8-11H2,1-3H3,(H,22,25). The van der Waals surface area contributed by atoms with Crippen LogP contribution in [0.25, 0.3) is 0 Å². The Labute approximate surface area is 163 Å². The first-order valence-electron chi connectivity index (χ1n) is 9.35. The van der Waals surface area contributed by atoms with Gasteiger partial charge in [-0.15, -0.1) is 0 Å². The van der Waals surface area contributed by atoms with E-state index < -0.39 is 0 Å². The fraction of sp³-hybridized carbons (Fsp3) is 0.381. The molecular formula is C21H25N3O4. The summed E-state index contributed by atoms with van der Waals surface area (Å²) in [6, 6.07) is 10.2. The summed E-state index contributed by atoms with van der Waals surface area (Å²) in [5, 5.41) is 2.69. The van der Waals surface area contributed by atoms with E-state index in [0.717, 1.165) is 5.69 Å². The Balaban J connectivity index is 1.57. The van der Waals surface area contributed by atoms with Gasteiger partial charge in [-0.1, -0.05) is 0 Å². The quantitative estimate of drug-likeness (QED) is 0.879. The first-order valence-corrected chi connectivity index (χ1v) is 9.35. The maximum Gasteiger partial charge on any atom is 0.254 e. The molecule has 1 saturated heterocycles. The molecule has 1 aromatic carbocycles. The fourth-order valence-electron chi connectivity index (χ4n) is 3.26. The van der Waals surface area contributed by atoms with Gasteiger partial charge in [0.25, 0.3) is 11.5 Å². The molecule has 0 spiro atoms. The number of rotatable bonds is 4. The predicted molar refractivity (Wildman–Crippen MR) is 107 cm³/mol. The van der Waals surface area contributed by atoms with Crippen molar-refractivity contribution in [1.82, 2.24) is 9.47 Å². The lowest BCUT2D eigenvalue weighted by molar-refractivity contribution is -0.114. The Kier molecular flexibility index (Phi) is 5.82. The zero-order chi connectivity index (χ0) is 20.3. The number of hydrogen-bond donors (Lipinski definition) is 1. The number of carbonyl (C=O) groups excluding carboxylic acids is 2. The largest absolute Gasteiger partial charge is 0.490 e. The molecule has 7 heteroatoms. The van der Waals surface area contributed by atoms with E-state index >= 15 is 0 Å². The average molecular weight is 383 g/mol. The SMILES string of the molecule is CC(=O)Nc1ccc(C(=O)N2CCC(Oc3cc(C)n(C)c(=O)c3)CC2)cc1. The van der Waals surface area contributed by atoms with Crippen LogP contribution in [0.3, 0.4) is 0 Å². The lowest BCUT2D eigenvalue weighted by atomic mass is 10.1. The third-order valence-electron chi connectivity index (χ3n) is 4.96. The van der Waals surface area contributed by atoms with Gasteiger partial charge in [-0.05, 0) is 37.3 Å². The third kappa shape index (κ3) is 4.60. The Morgan fingerprint density at radius 3 is 2.32 bits per heavy atom. The van der Waals surface area contributed by atoms with Gasteiger partial charge in [0.2, 0.25) is 5.91 Å². The van der Waals surface area contributed by atoms with Crippen molar-refractivity contribution in [3.8, 4) is 5.75 Å². The summed E-state index contributed by atoms with van der Waals surface area (Å²) in [4.78, 5) is 37.5. The van der Waals surface area contributed by atoms with Crippen LogP contribution in [0.5, 0.6) is 5.75 Å². The molecule has 1 fully saturated rings. The number of aromatic nitrogens is 1. The molecule has 0 bridgehead atoms. The number of benzene rings is 1. The third-order valence-corrected chi connectivity index (χ3v) is 4.96. The maximum absolute atomic E-state index is 12.7. The topological polar surface area (TPSA) is 80.6 Å². The van der Waals surface area contributed by atoms with E-state index in [1.807, 2.05) is 17.9 Å². The molecule has 1 aliphatic heterocycles. The molecule has 3 rings (SSSR count). The molecule has 0 radical (unpaired) electrons. The average Bonchev–Trinajstić information content (AvgIpc) is 2.66. The number of nitrogens with zero attached hydrogens (tertiary/aromatic N) is 2. The van der Waals surface area contributed by atoms with E-state index in [1.54, 1.807) is 35.9 Å². The summed E-state index contributed by atoms with van der Waals surface area (Å²) in [6.07, 6.45) is 1.41.